The minimum atomic E-state index is -1.38. The second-order valence-corrected chi connectivity index (χ2v) is 18.7. The number of fused-ring (bicyclic) bond motifs is 4. The molecule has 2 aromatic heterocycles. The molecule has 5 rings (SSSR count). The van der Waals surface area contributed by atoms with E-state index in [4.69, 9.17) is 4.42 Å². The van der Waals surface area contributed by atoms with E-state index in [9.17, 15) is 48.6 Å². The second kappa shape index (κ2) is 23.9. The first-order valence-electron chi connectivity index (χ1n) is 23.5. The van der Waals surface area contributed by atoms with Crippen molar-refractivity contribution in [2.45, 2.75) is 142 Å². The number of aromatic hydroxyl groups is 1. The lowest BCUT2D eigenvalue weighted by atomic mass is 9.98. The zero-order chi connectivity index (χ0) is 49.8. The monoisotopic (exact) mass is 945 g/mol. The lowest BCUT2D eigenvalue weighted by molar-refractivity contribution is -0.144. The summed E-state index contributed by atoms with van der Waals surface area (Å²) in [7, 11) is 0. The number of hydrogen-bond donors (Lipinski definition) is 9. The highest BCUT2D eigenvalue weighted by Crippen LogP contribution is 2.25. The number of aliphatic hydroxyl groups is 1. The lowest BCUT2D eigenvalue weighted by Gasteiger charge is -2.31. The van der Waals surface area contributed by atoms with Crippen LogP contribution < -0.4 is 31.9 Å². The van der Waals surface area contributed by atoms with Gasteiger partial charge in [-0.05, 0) is 93.0 Å². The third-order valence-electron chi connectivity index (χ3n) is 12.2. The summed E-state index contributed by atoms with van der Waals surface area (Å²) in [5.74, 6) is -6.46. The Morgan fingerprint density at radius 3 is 2.38 bits per heavy atom. The minimum Gasteiger partial charge on any atom is -0.508 e. The van der Waals surface area contributed by atoms with E-state index in [1.165, 1.54) is 36.3 Å². The third-order valence-corrected chi connectivity index (χ3v) is 12.2. The van der Waals surface area contributed by atoms with Gasteiger partial charge in [0.1, 0.15) is 54.0 Å². The van der Waals surface area contributed by atoms with E-state index in [1.807, 2.05) is 34.6 Å². The molecule has 1 aromatic carbocycles. The number of nitrogens with zero attached hydrogens (tertiary/aromatic N) is 2. The van der Waals surface area contributed by atoms with E-state index >= 15 is 0 Å². The number of aliphatic hydroxyl groups excluding tert-OH is 1. The van der Waals surface area contributed by atoms with Crippen LogP contribution in [0.4, 0.5) is 0 Å². The Bertz CT molecular complexity index is 2340. The summed E-state index contributed by atoms with van der Waals surface area (Å²) in [4.78, 5) is 119. The highest BCUT2D eigenvalue weighted by molar-refractivity contribution is 6.38. The Labute approximate surface area is 395 Å². The van der Waals surface area contributed by atoms with Gasteiger partial charge in [-0.2, -0.15) is 0 Å². The van der Waals surface area contributed by atoms with Crippen molar-refractivity contribution in [2.24, 2.45) is 17.8 Å². The Kier molecular flexibility index (Phi) is 18.4. The predicted octanol–water partition coefficient (Wildman–Crippen LogP) is 2.20. The number of Topliss-reactive ketones (excluding diaryl/α,β-unsaturated/α-hetero) is 1. The molecule has 4 heterocycles. The number of aromatic amines is 1. The molecule has 68 heavy (non-hydrogen) atoms. The van der Waals surface area contributed by atoms with Gasteiger partial charge in [-0.1, -0.05) is 48.0 Å². The van der Waals surface area contributed by atoms with Crippen LogP contribution in [0.3, 0.4) is 0 Å². The highest BCUT2D eigenvalue weighted by Gasteiger charge is 2.40. The molecule has 7 amide bonds. The molecule has 20 nitrogen and oxygen atoms in total. The van der Waals surface area contributed by atoms with Gasteiger partial charge < -0.3 is 56.4 Å². The molecule has 20 heteroatoms. The number of oxazole rings is 1. The van der Waals surface area contributed by atoms with Crippen molar-refractivity contribution in [3.8, 4) is 5.75 Å². The number of carbonyl (C=O) groups excluding carboxylic acids is 8. The summed E-state index contributed by atoms with van der Waals surface area (Å²) in [6.45, 7) is 12.5. The molecule has 2 aliphatic heterocycles. The highest BCUT2D eigenvalue weighted by atomic mass is 16.3. The van der Waals surface area contributed by atoms with Crippen LogP contribution in [0.1, 0.15) is 117 Å². The van der Waals surface area contributed by atoms with Gasteiger partial charge in [-0.3, -0.25) is 38.4 Å². The number of benzene rings is 1. The lowest BCUT2D eigenvalue weighted by Crippen LogP contribution is -2.58. The van der Waals surface area contributed by atoms with E-state index in [1.54, 1.807) is 19.2 Å². The molecular formula is C48H67N9O11. The summed E-state index contributed by atoms with van der Waals surface area (Å²) in [5.41, 5.74) is 1.52. The maximum atomic E-state index is 14.6. The van der Waals surface area contributed by atoms with E-state index < -0.39 is 95.4 Å². The van der Waals surface area contributed by atoms with Gasteiger partial charge in [0.25, 0.3) is 5.91 Å². The van der Waals surface area contributed by atoms with Gasteiger partial charge in [0.2, 0.25) is 47.1 Å². The van der Waals surface area contributed by atoms with Crippen LogP contribution in [0.15, 0.2) is 41.2 Å². The minimum absolute atomic E-state index is 0.00120. The van der Waals surface area contributed by atoms with Crippen LogP contribution in [0.25, 0.3) is 17.0 Å². The van der Waals surface area contributed by atoms with Gasteiger partial charge >= 0.3 is 0 Å². The molecule has 8 atom stereocenters. The topological polar surface area (TPSA) is 294 Å². The van der Waals surface area contributed by atoms with E-state index in [0.717, 1.165) is 6.08 Å². The summed E-state index contributed by atoms with van der Waals surface area (Å²) in [6, 6.07) is -2.05. The summed E-state index contributed by atoms with van der Waals surface area (Å²) < 4.78 is 5.55. The molecule has 1 saturated heterocycles. The van der Waals surface area contributed by atoms with Crippen LogP contribution in [0.2, 0.25) is 0 Å². The smallest absolute Gasteiger partial charge is 0.290 e. The molecule has 0 spiro atoms. The summed E-state index contributed by atoms with van der Waals surface area (Å²) in [5, 5.41) is 37.8. The van der Waals surface area contributed by atoms with Crippen LogP contribution in [-0.2, 0) is 44.8 Å². The molecule has 9 N–H and O–H groups in total. The predicted molar refractivity (Wildman–Crippen MR) is 250 cm³/mol. The number of phenols is 1. The van der Waals surface area contributed by atoms with Gasteiger partial charge in [-0.25, -0.2) is 4.98 Å². The number of carbonyl (C=O) groups is 8. The normalized spacial score (nSPS) is 23.4. The molecule has 0 saturated carbocycles. The summed E-state index contributed by atoms with van der Waals surface area (Å²) >= 11 is 0. The van der Waals surface area contributed by atoms with Crippen molar-refractivity contribution >= 4 is 64.1 Å². The number of nitrogens with one attached hydrogen (secondary N) is 7. The van der Waals surface area contributed by atoms with Crippen molar-refractivity contribution in [2.75, 3.05) is 13.1 Å². The number of H-pyrrole nitrogens is 1. The number of rotatable bonds is 12. The molecule has 3 aromatic rings. The first-order valence-corrected chi connectivity index (χ1v) is 23.5. The van der Waals surface area contributed by atoms with E-state index in [2.05, 4.69) is 41.9 Å². The van der Waals surface area contributed by atoms with Crippen LogP contribution in [0.5, 0.6) is 5.75 Å². The average Bonchev–Trinajstić information content (AvgIpc) is 4.08. The van der Waals surface area contributed by atoms with Gasteiger partial charge in [-0.15, -0.1) is 0 Å². The Morgan fingerprint density at radius 2 is 1.68 bits per heavy atom. The standard InChI is InChI=1S/C48H67N9O11/c1-8-27(6)40(60)45(65)56-36(20-26(4)5)43(63)54-34-11-9-17-49-42(62)37(21-29-23-50-33-15-14-31(58)22-32(29)33)53-39(59)16-13-30-24-68-47(52-30)28(7)51-46(66)41(61)35(19-25(2)3)55-44(64)38-12-10-18-57(38)48(34)67/h13-16,22-28,34-38,40,50,58,60H,8-12,17-21H2,1-7H3,(H,49,62)(H,51,66)(H,53,59)(H,54,63)(H,55,64)(H,56,65)/b16-13+. The Balaban J connectivity index is 1.47. The number of hydrogen-bond acceptors (Lipinski definition) is 12. The fourth-order valence-corrected chi connectivity index (χ4v) is 8.30. The maximum Gasteiger partial charge on any atom is 0.290 e. The average molecular weight is 946 g/mol. The SMILES string of the molecule is CCC(C)C(O)C(=O)NC(CC(C)C)C(=O)NC1CCCNC(=O)C(Cc2c[nH]c3ccc(O)cc23)NC(=O)/C=C/c2coc(n2)C(C)NC(=O)C(=O)C(CC(C)C)NC(=O)C2CCCN2C1=O. The van der Waals surface area contributed by atoms with Crippen molar-refractivity contribution in [3.63, 3.8) is 0 Å². The zero-order valence-electron chi connectivity index (χ0n) is 39.8. The van der Waals surface area contributed by atoms with Crippen molar-refractivity contribution in [1.29, 1.82) is 0 Å². The van der Waals surface area contributed by atoms with Crippen LogP contribution >= 0.6 is 0 Å². The van der Waals surface area contributed by atoms with Crippen LogP contribution in [-0.4, -0.2) is 122 Å². The molecule has 1 fully saturated rings. The van der Waals surface area contributed by atoms with Crippen molar-refractivity contribution in [3.05, 3.63) is 53.9 Å². The third kappa shape index (κ3) is 14.0. The molecule has 2 bridgehead atoms. The number of ketones is 1. The fraction of sp³-hybridized carbons (Fsp3) is 0.562. The largest absolute Gasteiger partial charge is 0.508 e. The van der Waals surface area contributed by atoms with Crippen molar-refractivity contribution in [1.82, 2.24) is 46.8 Å². The van der Waals surface area contributed by atoms with E-state index in [-0.39, 0.29) is 80.8 Å². The van der Waals surface area contributed by atoms with Crippen molar-refractivity contribution < 1.29 is 53.0 Å². The molecule has 8 unspecified atom stereocenters. The molecule has 370 valence electrons. The quantitative estimate of drug-likeness (QED) is 0.118. The zero-order valence-corrected chi connectivity index (χ0v) is 39.8. The molecule has 0 radical (unpaired) electrons. The van der Waals surface area contributed by atoms with Crippen LogP contribution in [0, 0.1) is 17.8 Å². The van der Waals surface area contributed by atoms with Gasteiger partial charge in [0.15, 0.2) is 0 Å². The molecule has 2 aliphatic rings. The first-order chi connectivity index (χ1) is 32.3. The second-order valence-electron chi connectivity index (χ2n) is 18.7. The summed E-state index contributed by atoms with van der Waals surface area (Å²) in [6.07, 6.45) is 5.54. The number of aromatic nitrogens is 2. The molecular weight excluding hydrogens is 879 g/mol. The van der Waals surface area contributed by atoms with Gasteiger partial charge in [0, 0.05) is 42.7 Å². The maximum absolute atomic E-state index is 14.6. The number of phenolic OH excluding ortho intramolecular Hbond substituents is 1. The fourth-order valence-electron chi connectivity index (χ4n) is 8.30. The van der Waals surface area contributed by atoms with E-state index in [0.29, 0.717) is 29.3 Å². The molecule has 0 aliphatic carbocycles. The number of amides is 7. The first kappa shape index (κ1) is 52.4. The Morgan fingerprint density at radius 1 is 0.926 bits per heavy atom. The van der Waals surface area contributed by atoms with Gasteiger partial charge in [0.05, 0.1) is 6.04 Å². The Hall–Kier alpha value is -6.57.